The van der Waals surface area contributed by atoms with Gasteiger partial charge in [-0.1, -0.05) is 0 Å². The van der Waals surface area contributed by atoms with Crippen molar-refractivity contribution in [2.75, 3.05) is 19.7 Å². The molecule has 1 saturated heterocycles. The molecule has 1 aromatic rings. The van der Waals surface area contributed by atoms with Crippen LogP contribution in [0.25, 0.3) is 0 Å². The van der Waals surface area contributed by atoms with Gasteiger partial charge in [-0.15, -0.1) is 0 Å². The van der Waals surface area contributed by atoms with Crippen LogP contribution in [0.3, 0.4) is 0 Å². The highest BCUT2D eigenvalue weighted by Crippen LogP contribution is 2.13. The van der Waals surface area contributed by atoms with E-state index in [0.29, 0.717) is 19.2 Å². The van der Waals surface area contributed by atoms with Gasteiger partial charge in [-0.3, -0.25) is 9.59 Å². The lowest BCUT2D eigenvalue weighted by Gasteiger charge is -2.36. The molecule has 0 bridgehead atoms. The minimum atomic E-state index is -0.926. The van der Waals surface area contributed by atoms with Crippen LogP contribution in [0.5, 0.6) is 0 Å². The van der Waals surface area contributed by atoms with Crippen LogP contribution in [-0.2, 0) is 9.53 Å². The van der Waals surface area contributed by atoms with Crippen molar-refractivity contribution in [1.29, 1.82) is 0 Å². The van der Waals surface area contributed by atoms with Crippen molar-refractivity contribution in [2.24, 2.45) is 0 Å². The van der Waals surface area contributed by atoms with Gasteiger partial charge in [0.1, 0.15) is 11.6 Å². The van der Waals surface area contributed by atoms with Crippen molar-refractivity contribution in [3.05, 3.63) is 35.4 Å². The summed E-state index contributed by atoms with van der Waals surface area (Å²) in [5, 5.41) is 2.48. The number of hydrogen-bond donors (Lipinski definition) is 1. The zero-order chi connectivity index (χ0) is 17.0. The van der Waals surface area contributed by atoms with Crippen LogP contribution in [-0.4, -0.2) is 48.6 Å². The Kier molecular flexibility index (Phi) is 5.65. The second-order valence-electron chi connectivity index (χ2n) is 5.67. The minimum absolute atomic E-state index is 0.0102. The molecule has 2 rings (SSSR count). The Bertz CT molecular complexity index is 595. The van der Waals surface area contributed by atoms with Crippen molar-refractivity contribution < 1.29 is 23.1 Å². The SMILES string of the molecule is CC1CN(C(=O)CCNC(=O)c2ccc(F)cc2F)C(C)CO1. The van der Waals surface area contributed by atoms with E-state index in [9.17, 15) is 18.4 Å². The number of nitrogens with zero attached hydrogens (tertiary/aromatic N) is 1. The Hall–Kier alpha value is -2.02. The minimum Gasteiger partial charge on any atom is -0.375 e. The van der Waals surface area contributed by atoms with E-state index >= 15 is 0 Å². The van der Waals surface area contributed by atoms with Crippen molar-refractivity contribution in [1.82, 2.24) is 10.2 Å². The van der Waals surface area contributed by atoms with E-state index in [4.69, 9.17) is 4.74 Å². The highest BCUT2D eigenvalue weighted by molar-refractivity contribution is 5.94. The fraction of sp³-hybridized carbons (Fsp3) is 0.500. The van der Waals surface area contributed by atoms with Crippen LogP contribution >= 0.6 is 0 Å². The molecule has 1 heterocycles. The number of amides is 2. The number of hydrogen-bond acceptors (Lipinski definition) is 3. The summed E-state index contributed by atoms with van der Waals surface area (Å²) in [5.74, 6) is -2.43. The van der Waals surface area contributed by atoms with Gasteiger partial charge in [-0.05, 0) is 26.0 Å². The maximum atomic E-state index is 13.5. The van der Waals surface area contributed by atoms with Crippen LogP contribution < -0.4 is 5.32 Å². The third-order valence-corrected chi connectivity index (χ3v) is 3.73. The summed E-state index contributed by atoms with van der Waals surface area (Å²) in [7, 11) is 0. The first kappa shape index (κ1) is 17.3. The lowest BCUT2D eigenvalue weighted by molar-refractivity contribution is -0.143. The third kappa shape index (κ3) is 4.48. The molecule has 1 aliphatic heterocycles. The molecule has 2 atom stereocenters. The van der Waals surface area contributed by atoms with Crippen molar-refractivity contribution in [3.8, 4) is 0 Å². The molecule has 2 unspecified atom stereocenters. The molecule has 0 aromatic heterocycles. The van der Waals surface area contributed by atoms with Gasteiger partial charge < -0.3 is 15.0 Å². The lowest BCUT2D eigenvalue weighted by atomic mass is 10.1. The van der Waals surface area contributed by atoms with Gasteiger partial charge in [0.25, 0.3) is 5.91 Å². The number of morpholine rings is 1. The quantitative estimate of drug-likeness (QED) is 0.916. The normalized spacial score (nSPS) is 21.1. The molecule has 0 radical (unpaired) electrons. The maximum Gasteiger partial charge on any atom is 0.254 e. The molecule has 1 N–H and O–H groups in total. The second kappa shape index (κ2) is 7.50. The molecule has 0 spiro atoms. The summed E-state index contributed by atoms with van der Waals surface area (Å²) in [6.07, 6.45) is 0.101. The number of carbonyl (C=O) groups is 2. The molecule has 1 aliphatic rings. The first-order valence-electron chi connectivity index (χ1n) is 7.52. The van der Waals surface area contributed by atoms with E-state index < -0.39 is 17.5 Å². The second-order valence-corrected chi connectivity index (χ2v) is 5.67. The first-order chi connectivity index (χ1) is 10.9. The smallest absolute Gasteiger partial charge is 0.254 e. The van der Waals surface area contributed by atoms with Gasteiger partial charge in [0.2, 0.25) is 5.91 Å². The number of halogens is 2. The molecule has 7 heteroatoms. The largest absolute Gasteiger partial charge is 0.375 e. The molecule has 1 fully saturated rings. The fourth-order valence-corrected chi connectivity index (χ4v) is 2.45. The van der Waals surface area contributed by atoms with Crippen molar-refractivity contribution in [2.45, 2.75) is 32.4 Å². The van der Waals surface area contributed by atoms with Crippen molar-refractivity contribution >= 4 is 11.8 Å². The summed E-state index contributed by atoms with van der Waals surface area (Å²) in [5.41, 5.74) is -0.243. The number of rotatable bonds is 4. The molecule has 0 aliphatic carbocycles. The maximum absolute atomic E-state index is 13.5. The topological polar surface area (TPSA) is 58.6 Å². The van der Waals surface area contributed by atoms with Crippen molar-refractivity contribution in [3.63, 3.8) is 0 Å². The molecule has 0 saturated carbocycles. The summed E-state index contributed by atoms with van der Waals surface area (Å²) in [6.45, 7) is 4.88. The molecule has 23 heavy (non-hydrogen) atoms. The molecule has 1 aromatic carbocycles. The summed E-state index contributed by atoms with van der Waals surface area (Å²) in [6, 6.07) is 2.73. The number of ether oxygens (including phenoxy) is 1. The summed E-state index contributed by atoms with van der Waals surface area (Å²) >= 11 is 0. The number of benzene rings is 1. The van der Waals surface area contributed by atoms with Gasteiger partial charge in [0, 0.05) is 25.6 Å². The zero-order valence-electron chi connectivity index (χ0n) is 13.1. The van der Waals surface area contributed by atoms with Gasteiger partial charge in [0.15, 0.2) is 0 Å². The molecule has 5 nitrogen and oxygen atoms in total. The van der Waals surface area contributed by atoms with Crippen LogP contribution in [0, 0.1) is 11.6 Å². The first-order valence-corrected chi connectivity index (χ1v) is 7.52. The fourth-order valence-electron chi connectivity index (χ4n) is 2.45. The molecule has 2 amide bonds. The Morgan fingerprint density at radius 1 is 1.35 bits per heavy atom. The van der Waals surface area contributed by atoms with Gasteiger partial charge >= 0.3 is 0 Å². The number of carbonyl (C=O) groups excluding carboxylic acids is 2. The summed E-state index contributed by atoms with van der Waals surface area (Å²) in [4.78, 5) is 25.7. The zero-order valence-corrected chi connectivity index (χ0v) is 13.1. The van der Waals surface area contributed by atoms with Crippen LogP contribution in [0.4, 0.5) is 8.78 Å². The Labute approximate surface area is 133 Å². The summed E-state index contributed by atoms with van der Waals surface area (Å²) < 4.78 is 31.8. The van der Waals surface area contributed by atoms with E-state index in [0.717, 1.165) is 12.1 Å². The van der Waals surface area contributed by atoms with Crippen LogP contribution in [0.15, 0.2) is 18.2 Å². The van der Waals surface area contributed by atoms with E-state index in [1.54, 1.807) is 4.90 Å². The lowest BCUT2D eigenvalue weighted by Crippen LogP contribution is -2.50. The monoisotopic (exact) mass is 326 g/mol. The van der Waals surface area contributed by atoms with Gasteiger partial charge in [-0.25, -0.2) is 8.78 Å². The molecule has 126 valence electrons. The van der Waals surface area contributed by atoms with E-state index in [1.807, 2.05) is 13.8 Å². The van der Waals surface area contributed by atoms with Gasteiger partial charge in [0.05, 0.1) is 24.3 Å². The highest BCUT2D eigenvalue weighted by Gasteiger charge is 2.27. The predicted molar refractivity (Wildman–Crippen MR) is 79.9 cm³/mol. The predicted octanol–water partition coefficient (Wildman–Crippen LogP) is 1.72. The van der Waals surface area contributed by atoms with Gasteiger partial charge in [-0.2, -0.15) is 0 Å². The average molecular weight is 326 g/mol. The van der Waals surface area contributed by atoms with E-state index in [2.05, 4.69) is 5.32 Å². The Balaban J connectivity index is 1.84. The standard InChI is InChI=1S/C16H20F2N2O3/c1-10-9-23-11(2)8-20(10)15(21)5-6-19-16(22)13-4-3-12(17)7-14(13)18/h3-4,7,10-11H,5-6,8-9H2,1-2H3,(H,19,22). The number of nitrogens with one attached hydrogen (secondary N) is 1. The Morgan fingerprint density at radius 3 is 2.78 bits per heavy atom. The van der Waals surface area contributed by atoms with E-state index in [-0.39, 0.29) is 36.6 Å². The highest BCUT2D eigenvalue weighted by atomic mass is 19.1. The molecular weight excluding hydrogens is 306 g/mol. The van der Waals surface area contributed by atoms with Crippen LogP contribution in [0.1, 0.15) is 30.6 Å². The average Bonchev–Trinajstić information content (AvgIpc) is 2.49. The van der Waals surface area contributed by atoms with E-state index in [1.165, 1.54) is 0 Å². The Morgan fingerprint density at radius 2 is 2.09 bits per heavy atom. The third-order valence-electron chi connectivity index (χ3n) is 3.73. The molecular formula is C16H20F2N2O3. The van der Waals surface area contributed by atoms with Crippen LogP contribution in [0.2, 0.25) is 0 Å².